The molecule has 0 bridgehead atoms. The van der Waals surface area contributed by atoms with Crippen molar-refractivity contribution in [3.63, 3.8) is 0 Å². The molecule has 0 saturated heterocycles. The van der Waals surface area contributed by atoms with Gasteiger partial charge in [0.1, 0.15) is 70.9 Å². The van der Waals surface area contributed by atoms with E-state index >= 15 is 0 Å². The molecule has 11 atom stereocenters. The molecule has 24 heteroatoms. The number of nitrogens with zero attached hydrogens (tertiary/aromatic N) is 2. The number of carbonyl (C=O) groups excluding carboxylic acids is 8. The number of fused-ring (bicyclic) bond motifs is 2. The number of nitrogens with one attached hydrogen (secondary N) is 4. The summed E-state index contributed by atoms with van der Waals surface area (Å²) >= 11 is 0. The first-order chi connectivity index (χ1) is 51.2. The second-order valence-corrected chi connectivity index (χ2v) is 28.4. The van der Waals surface area contributed by atoms with Crippen molar-refractivity contribution in [2.24, 2.45) is 47.3 Å². The Bertz CT molecular complexity index is 4230. The van der Waals surface area contributed by atoms with Gasteiger partial charge < -0.3 is 59.9 Å². The fraction of sp³-hybridized carbons (Fsp3) is 0.470. The smallest absolute Gasteiger partial charge is 0.328 e. The molecule has 0 aliphatic heterocycles. The molecule has 3 aliphatic rings. The summed E-state index contributed by atoms with van der Waals surface area (Å²) in [6.45, 7) is 14.3. The number of ketones is 2. The van der Waals surface area contributed by atoms with Gasteiger partial charge in [0, 0.05) is 83.0 Å². The van der Waals surface area contributed by atoms with Gasteiger partial charge >= 0.3 is 23.9 Å². The van der Waals surface area contributed by atoms with Gasteiger partial charge in [-0.3, -0.25) is 38.4 Å². The Morgan fingerprint density at radius 3 is 1.30 bits per heavy atom. The molecule has 0 spiro atoms. The minimum Gasteiger partial charge on any atom is -0.497 e. The molecule has 3 aliphatic carbocycles. The molecule has 6 N–H and O–H groups in total. The topological polar surface area (TPSA) is 340 Å². The Balaban J connectivity index is 0.000000270. The lowest BCUT2D eigenvalue weighted by atomic mass is 9.83. The van der Waals surface area contributed by atoms with Gasteiger partial charge in [-0.15, -0.1) is 0 Å². The summed E-state index contributed by atoms with van der Waals surface area (Å²) < 4.78 is 34.0. The van der Waals surface area contributed by atoms with Crippen LogP contribution in [0.4, 0.5) is 0 Å². The summed E-state index contributed by atoms with van der Waals surface area (Å²) in [5.74, 6) is -9.22. The summed E-state index contributed by atoms with van der Waals surface area (Å²) in [6.07, 6.45) is 7.75. The first-order valence-electron chi connectivity index (χ1n) is 37.0. The van der Waals surface area contributed by atoms with Crippen molar-refractivity contribution >= 4 is 80.9 Å². The number of aliphatic carboxylic acids is 2. The van der Waals surface area contributed by atoms with Crippen LogP contribution in [0.5, 0.6) is 23.0 Å². The van der Waals surface area contributed by atoms with E-state index < -0.39 is 125 Å². The van der Waals surface area contributed by atoms with Crippen molar-refractivity contribution in [3.05, 3.63) is 132 Å². The SMILES string of the molecule is CCCC(C)[C@@H](NC(=O)[C@H](NC(=O)C1=C[C@@H](Oc2cc(-c3ccccc3)nc3cc(OC)ccc23)C[C@@H]1C(=O)C[C@@H](CC)C(=O)O)C(C)C)C(=O)OC.CC[C@H](CC(=O)[C@@H]1C[C@@H](Oc2cc(-c3ccccc3)nc3cc(OC)ccc23)C=C1C(=O)N[C@@H](C(=O)N[C@@H](C(=O)OC)C1CCCCC1)C(C)C)C(=O)O. The fourth-order valence-electron chi connectivity index (χ4n) is 14.1. The number of amides is 4. The van der Waals surface area contributed by atoms with E-state index in [1.54, 1.807) is 98.2 Å². The van der Waals surface area contributed by atoms with Crippen molar-refractivity contribution in [1.29, 1.82) is 0 Å². The van der Waals surface area contributed by atoms with Crippen molar-refractivity contribution in [2.75, 3.05) is 28.4 Å². The minimum absolute atomic E-state index is 0.0791. The zero-order valence-electron chi connectivity index (χ0n) is 63.1. The molecule has 1 unspecified atom stereocenters. The van der Waals surface area contributed by atoms with Gasteiger partial charge in [-0.25, -0.2) is 19.6 Å². The van der Waals surface area contributed by atoms with Crippen molar-refractivity contribution < 1.29 is 86.6 Å². The predicted molar refractivity (Wildman–Crippen MR) is 403 cm³/mol. The van der Waals surface area contributed by atoms with Crippen molar-refractivity contribution in [1.82, 2.24) is 31.2 Å². The number of Topliss-reactive ketones (excluding diaryl/α,β-unsaturated/α-hetero) is 2. The normalized spacial score (nSPS) is 18.3. The number of carboxylic acids is 2. The summed E-state index contributed by atoms with van der Waals surface area (Å²) in [7, 11) is 5.68. The van der Waals surface area contributed by atoms with Gasteiger partial charge in [-0.2, -0.15) is 0 Å². The maximum Gasteiger partial charge on any atom is 0.328 e. The summed E-state index contributed by atoms with van der Waals surface area (Å²) in [6, 6.07) is 29.8. The molecule has 107 heavy (non-hydrogen) atoms. The predicted octanol–water partition coefficient (Wildman–Crippen LogP) is 12.0. The van der Waals surface area contributed by atoms with Crippen LogP contribution < -0.4 is 40.2 Å². The number of methoxy groups -OCH3 is 4. The van der Waals surface area contributed by atoms with E-state index in [1.165, 1.54) is 14.2 Å². The molecule has 6 aromatic rings. The number of benzene rings is 4. The number of carbonyl (C=O) groups is 10. The van der Waals surface area contributed by atoms with Gasteiger partial charge in [0.2, 0.25) is 23.6 Å². The average molecular weight is 1470 g/mol. The third kappa shape index (κ3) is 21.2. The summed E-state index contributed by atoms with van der Waals surface area (Å²) in [5, 5.41) is 32.1. The van der Waals surface area contributed by atoms with E-state index in [9.17, 15) is 58.2 Å². The van der Waals surface area contributed by atoms with Crippen molar-refractivity contribution in [3.8, 4) is 45.5 Å². The molecular weight excluding hydrogens is 1370 g/mol. The molecule has 1 saturated carbocycles. The lowest BCUT2D eigenvalue weighted by Crippen LogP contribution is -2.56. The van der Waals surface area contributed by atoms with Crippen LogP contribution in [-0.4, -0.2) is 144 Å². The highest BCUT2D eigenvalue weighted by molar-refractivity contribution is 6.05. The first-order valence-corrected chi connectivity index (χ1v) is 37.0. The van der Waals surface area contributed by atoms with Gasteiger partial charge in [0.05, 0.1) is 74.5 Å². The highest BCUT2D eigenvalue weighted by Gasteiger charge is 2.43. The van der Waals surface area contributed by atoms with E-state index in [0.717, 1.165) is 49.7 Å². The molecule has 572 valence electrons. The van der Waals surface area contributed by atoms with Crippen LogP contribution in [0, 0.1) is 47.3 Å². The molecule has 1 fully saturated rings. The molecule has 2 aromatic heterocycles. The molecule has 2 heterocycles. The first kappa shape index (κ1) is 82.1. The number of rotatable bonds is 34. The minimum atomic E-state index is -1.09. The zero-order valence-corrected chi connectivity index (χ0v) is 63.1. The van der Waals surface area contributed by atoms with Crippen LogP contribution in [-0.2, 0) is 57.4 Å². The lowest BCUT2D eigenvalue weighted by molar-refractivity contribution is -0.147. The quantitative estimate of drug-likeness (QED) is 0.0204. The van der Waals surface area contributed by atoms with Gasteiger partial charge in [-0.1, -0.05) is 142 Å². The fourth-order valence-corrected chi connectivity index (χ4v) is 14.1. The zero-order chi connectivity index (χ0) is 77.8. The monoisotopic (exact) mass is 1470 g/mol. The average Bonchev–Trinajstić information content (AvgIpc) is 1.64. The van der Waals surface area contributed by atoms with Gasteiger partial charge in [0.25, 0.3) is 0 Å². The maximum atomic E-state index is 14.2. The van der Waals surface area contributed by atoms with E-state index in [-0.39, 0.29) is 67.4 Å². The van der Waals surface area contributed by atoms with Crippen LogP contribution in [0.25, 0.3) is 44.3 Å². The summed E-state index contributed by atoms with van der Waals surface area (Å²) in [4.78, 5) is 142. The molecular formula is C83H102N6O18. The Kier molecular flexibility index (Phi) is 29.7. The number of hydrogen-bond donors (Lipinski definition) is 6. The maximum absolute atomic E-state index is 14.2. The Morgan fingerprint density at radius 2 is 0.925 bits per heavy atom. The molecule has 4 aromatic carbocycles. The van der Waals surface area contributed by atoms with Crippen LogP contribution in [0.15, 0.2) is 132 Å². The van der Waals surface area contributed by atoms with E-state index in [1.807, 2.05) is 92.7 Å². The number of aromatic nitrogens is 2. The van der Waals surface area contributed by atoms with Crippen LogP contribution in [0.2, 0.25) is 0 Å². The Labute approximate surface area is 624 Å². The highest BCUT2D eigenvalue weighted by Crippen LogP contribution is 2.40. The second kappa shape index (κ2) is 38.7. The number of pyridine rings is 2. The number of esters is 2. The molecule has 9 rings (SSSR count). The van der Waals surface area contributed by atoms with Crippen LogP contribution in [0.1, 0.15) is 139 Å². The third-order valence-electron chi connectivity index (χ3n) is 20.4. The Hall–Kier alpha value is -10.5. The van der Waals surface area contributed by atoms with Crippen LogP contribution >= 0.6 is 0 Å². The van der Waals surface area contributed by atoms with Gasteiger partial charge in [-0.05, 0) is 92.2 Å². The molecule has 4 amide bonds. The third-order valence-corrected chi connectivity index (χ3v) is 20.4. The number of ether oxygens (including phenoxy) is 6. The molecule has 24 nitrogen and oxygen atoms in total. The standard InChI is InChI=1S/C42H51N3O9.C41H51N3O9/c1-6-25(41(49)50)19-35(46)31-20-29(54-36-23-33(26-13-9-7-10-14-26)43-34-22-28(52-4)17-18-30(34)36)21-32(31)39(47)44-37(24(2)3)40(48)45-38(42(51)53-5)27-15-11-8-12-16-27;1-8-13-24(5)37(41(50)52-7)44-39(47)36(23(3)4)43-38(46)31-20-28(19-30(31)34(45)18-25(9-2)40(48)49)53-35-22-32(26-14-11-10-12-15-26)42-33-21-27(51-6)16-17-29(33)35/h7,9-10,13-14,17-18,21-25,27,29,31,37-38H,6,8,11-12,15-16,19-20H2,1-5H3,(H,44,47)(H,45,48)(H,49,50);10-12,14-17,20-25,28,30,36-37H,8-9,13,18-19H2,1-7H3,(H,43,46)(H,44,47)(H,48,49)/t25-,29-,31-,37-,38-;24?,25-,28+,30+,36-,37-/m11/s1. The van der Waals surface area contributed by atoms with E-state index in [0.29, 0.717) is 62.6 Å². The van der Waals surface area contributed by atoms with Crippen LogP contribution in [0.3, 0.4) is 0 Å². The molecule has 0 radical (unpaired) electrons. The highest BCUT2D eigenvalue weighted by atomic mass is 16.5. The summed E-state index contributed by atoms with van der Waals surface area (Å²) in [5.41, 5.74) is 4.43. The van der Waals surface area contributed by atoms with E-state index in [4.69, 9.17) is 38.4 Å². The second-order valence-electron chi connectivity index (χ2n) is 28.4. The van der Waals surface area contributed by atoms with Gasteiger partial charge in [0.15, 0.2) is 0 Å². The largest absolute Gasteiger partial charge is 0.497 e. The van der Waals surface area contributed by atoms with Crippen molar-refractivity contribution in [2.45, 2.75) is 175 Å². The lowest BCUT2D eigenvalue weighted by Gasteiger charge is -2.31. The Morgan fingerprint density at radius 1 is 0.505 bits per heavy atom. The number of carboxylic acid groups (broad SMARTS) is 2. The number of hydrogen-bond acceptors (Lipinski definition) is 18. The van der Waals surface area contributed by atoms with E-state index in [2.05, 4.69) is 21.3 Å².